The summed E-state index contributed by atoms with van der Waals surface area (Å²) in [4.78, 5) is 23.5. The second-order valence-electron chi connectivity index (χ2n) is 5.18. The number of aromatic nitrogens is 2. The van der Waals surface area contributed by atoms with E-state index in [2.05, 4.69) is 9.97 Å². The van der Waals surface area contributed by atoms with Crippen LogP contribution in [0.5, 0.6) is 0 Å². The summed E-state index contributed by atoms with van der Waals surface area (Å²) in [6.45, 7) is 0.799. The van der Waals surface area contributed by atoms with Gasteiger partial charge in [-0.3, -0.25) is 4.79 Å². The lowest BCUT2D eigenvalue weighted by Gasteiger charge is -2.35. The van der Waals surface area contributed by atoms with Crippen molar-refractivity contribution >= 4 is 17.7 Å². The van der Waals surface area contributed by atoms with Crippen LogP contribution in [0.3, 0.4) is 0 Å². The van der Waals surface area contributed by atoms with Crippen LogP contribution in [0, 0.1) is 0 Å². The molecule has 5 heteroatoms. The van der Waals surface area contributed by atoms with Crippen LogP contribution >= 0.6 is 11.8 Å². The highest BCUT2D eigenvalue weighted by Crippen LogP contribution is 2.31. The number of carbonyl (C=O) groups is 1. The molecule has 1 fully saturated rings. The number of hydrogen-bond acceptors (Lipinski definition) is 3. The average Bonchev–Trinajstić information content (AvgIpc) is 3.08. The van der Waals surface area contributed by atoms with Gasteiger partial charge in [0.1, 0.15) is 5.82 Å². The lowest BCUT2D eigenvalue weighted by atomic mass is 10.00. The van der Waals surface area contributed by atoms with Crippen molar-refractivity contribution in [3.05, 3.63) is 48.0 Å². The van der Waals surface area contributed by atoms with Crippen molar-refractivity contribution in [3.8, 4) is 0 Å². The summed E-state index contributed by atoms with van der Waals surface area (Å²) in [5.74, 6) is 1.01. The Morgan fingerprint density at radius 3 is 3.00 bits per heavy atom. The van der Waals surface area contributed by atoms with Crippen LogP contribution < -0.4 is 0 Å². The maximum Gasteiger partial charge on any atom is 0.255 e. The summed E-state index contributed by atoms with van der Waals surface area (Å²) in [7, 11) is 0. The summed E-state index contributed by atoms with van der Waals surface area (Å²) in [6.07, 6.45) is 8.75. The van der Waals surface area contributed by atoms with Crippen molar-refractivity contribution in [3.63, 3.8) is 0 Å². The van der Waals surface area contributed by atoms with Crippen LogP contribution in [-0.4, -0.2) is 33.6 Å². The largest absolute Gasteiger partial charge is 0.347 e. The molecule has 0 radical (unpaired) electrons. The van der Waals surface area contributed by atoms with Crippen LogP contribution in [0.4, 0.5) is 0 Å². The van der Waals surface area contributed by atoms with Crippen molar-refractivity contribution in [2.45, 2.75) is 30.2 Å². The summed E-state index contributed by atoms with van der Waals surface area (Å²) in [5.41, 5.74) is 0.795. The molecule has 0 unspecified atom stereocenters. The monoisotopic (exact) mass is 301 g/mol. The van der Waals surface area contributed by atoms with Gasteiger partial charge in [0.25, 0.3) is 5.91 Å². The highest BCUT2D eigenvalue weighted by Gasteiger charge is 2.30. The SMILES string of the molecule is CSc1ccccc1C(=O)N1CCCC[C@H]1c1ncc[nH]1. The zero-order valence-electron chi connectivity index (χ0n) is 12.1. The Labute approximate surface area is 129 Å². The zero-order chi connectivity index (χ0) is 14.7. The molecule has 21 heavy (non-hydrogen) atoms. The van der Waals surface area contributed by atoms with Crippen LogP contribution in [0.2, 0.25) is 0 Å². The second kappa shape index (κ2) is 6.35. The number of hydrogen-bond donors (Lipinski definition) is 1. The third-order valence-electron chi connectivity index (χ3n) is 3.94. The topological polar surface area (TPSA) is 49.0 Å². The molecule has 1 N–H and O–H groups in total. The number of benzene rings is 1. The minimum absolute atomic E-state index is 0.0659. The number of nitrogens with one attached hydrogen (secondary N) is 1. The molecule has 1 aliphatic heterocycles. The summed E-state index contributed by atoms with van der Waals surface area (Å²) < 4.78 is 0. The minimum atomic E-state index is 0.0659. The Bertz CT molecular complexity index is 612. The van der Waals surface area contributed by atoms with Crippen molar-refractivity contribution in [2.24, 2.45) is 0 Å². The fourth-order valence-electron chi connectivity index (χ4n) is 2.89. The Kier molecular flexibility index (Phi) is 4.29. The number of aromatic amines is 1. The summed E-state index contributed by atoms with van der Waals surface area (Å²) >= 11 is 1.62. The van der Waals surface area contributed by atoms with E-state index < -0.39 is 0 Å². The van der Waals surface area contributed by atoms with Gasteiger partial charge < -0.3 is 9.88 Å². The molecule has 1 atom stereocenters. The number of thioether (sulfide) groups is 1. The Morgan fingerprint density at radius 1 is 1.38 bits per heavy atom. The third kappa shape index (κ3) is 2.83. The molecular weight excluding hydrogens is 282 g/mol. The van der Waals surface area contributed by atoms with Gasteiger partial charge >= 0.3 is 0 Å². The Balaban J connectivity index is 1.91. The van der Waals surface area contributed by atoms with Gasteiger partial charge in [0, 0.05) is 23.8 Å². The van der Waals surface area contributed by atoms with E-state index in [1.165, 1.54) is 0 Å². The molecule has 110 valence electrons. The van der Waals surface area contributed by atoms with Crippen LogP contribution in [-0.2, 0) is 0 Å². The number of H-pyrrole nitrogens is 1. The van der Waals surface area contributed by atoms with Crippen LogP contribution in [0.15, 0.2) is 41.6 Å². The Hall–Kier alpha value is -1.75. The first-order chi connectivity index (χ1) is 10.3. The molecule has 1 aliphatic rings. The van der Waals surface area contributed by atoms with E-state index in [1.807, 2.05) is 41.6 Å². The van der Waals surface area contributed by atoms with Crippen molar-refractivity contribution < 1.29 is 4.79 Å². The lowest BCUT2D eigenvalue weighted by Crippen LogP contribution is -2.39. The normalized spacial score (nSPS) is 18.7. The van der Waals surface area contributed by atoms with E-state index in [-0.39, 0.29) is 11.9 Å². The number of amides is 1. The van der Waals surface area contributed by atoms with E-state index in [0.29, 0.717) is 0 Å². The van der Waals surface area contributed by atoms with Crippen molar-refractivity contribution in [1.29, 1.82) is 0 Å². The summed E-state index contributed by atoms with van der Waals surface area (Å²) in [6, 6.07) is 7.89. The van der Waals surface area contributed by atoms with Gasteiger partial charge in [-0.15, -0.1) is 11.8 Å². The molecule has 1 amide bonds. The smallest absolute Gasteiger partial charge is 0.255 e. The van der Waals surface area contributed by atoms with E-state index in [1.54, 1.807) is 18.0 Å². The van der Waals surface area contributed by atoms with Crippen molar-refractivity contribution in [2.75, 3.05) is 12.8 Å². The number of likely N-dealkylation sites (tertiary alicyclic amines) is 1. The fourth-order valence-corrected chi connectivity index (χ4v) is 3.48. The number of nitrogens with zero attached hydrogens (tertiary/aromatic N) is 2. The molecule has 1 aromatic heterocycles. The van der Waals surface area contributed by atoms with E-state index in [9.17, 15) is 4.79 Å². The van der Waals surface area contributed by atoms with Gasteiger partial charge in [-0.25, -0.2) is 4.98 Å². The number of rotatable bonds is 3. The van der Waals surface area contributed by atoms with Crippen molar-refractivity contribution in [1.82, 2.24) is 14.9 Å². The van der Waals surface area contributed by atoms with Gasteiger partial charge in [-0.05, 0) is 37.7 Å². The second-order valence-corrected chi connectivity index (χ2v) is 6.03. The van der Waals surface area contributed by atoms with Gasteiger partial charge in [0.15, 0.2) is 0 Å². The maximum absolute atomic E-state index is 13.0. The standard InChI is InChI=1S/C16H19N3OS/c1-21-14-8-3-2-6-12(14)16(20)19-11-5-4-7-13(19)15-17-9-10-18-15/h2-3,6,8-10,13H,4-5,7,11H2,1H3,(H,17,18)/t13-/m0/s1. The molecule has 0 bridgehead atoms. The first-order valence-electron chi connectivity index (χ1n) is 7.24. The lowest BCUT2D eigenvalue weighted by molar-refractivity contribution is 0.0597. The molecule has 2 heterocycles. The van der Waals surface area contributed by atoms with Crippen LogP contribution in [0.25, 0.3) is 0 Å². The Morgan fingerprint density at radius 2 is 2.24 bits per heavy atom. The first-order valence-corrected chi connectivity index (χ1v) is 8.47. The molecule has 0 spiro atoms. The first kappa shape index (κ1) is 14.2. The molecule has 1 saturated heterocycles. The number of carbonyl (C=O) groups excluding carboxylic acids is 1. The summed E-state index contributed by atoms with van der Waals surface area (Å²) in [5, 5.41) is 0. The van der Waals surface area contributed by atoms with Gasteiger partial charge in [-0.2, -0.15) is 0 Å². The predicted octanol–water partition coefficient (Wildman–Crippen LogP) is 3.50. The minimum Gasteiger partial charge on any atom is -0.347 e. The fraction of sp³-hybridized carbons (Fsp3) is 0.375. The molecule has 2 aromatic rings. The highest BCUT2D eigenvalue weighted by molar-refractivity contribution is 7.98. The molecule has 0 saturated carbocycles. The zero-order valence-corrected chi connectivity index (χ0v) is 12.9. The predicted molar refractivity (Wildman–Crippen MR) is 84.4 cm³/mol. The number of piperidine rings is 1. The maximum atomic E-state index is 13.0. The molecule has 1 aromatic carbocycles. The van der Waals surface area contributed by atoms with Gasteiger partial charge in [0.05, 0.1) is 11.6 Å². The van der Waals surface area contributed by atoms with Gasteiger partial charge in [0.2, 0.25) is 0 Å². The van der Waals surface area contributed by atoms with E-state index >= 15 is 0 Å². The van der Waals surface area contributed by atoms with Gasteiger partial charge in [-0.1, -0.05) is 12.1 Å². The third-order valence-corrected chi connectivity index (χ3v) is 4.73. The average molecular weight is 301 g/mol. The van der Waals surface area contributed by atoms with Crippen LogP contribution in [0.1, 0.15) is 41.5 Å². The molecule has 4 nitrogen and oxygen atoms in total. The van der Waals surface area contributed by atoms with E-state index in [4.69, 9.17) is 0 Å². The molecule has 3 rings (SSSR count). The molecular formula is C16H19N3OS. The highest BCUT2D eigenvalue weighted by atomic mass is 32.2. The quantitative estimate of drug-likeness (QED) is 0.883. The molecule has 0 aliphatic carbocycles. The van der Waals surface area contributed by atoms with E-state index in [0.717, 1.165) is 42.1 Å². The number of imidazole rings is 1.